The highest BCUT2D eigenvalue weighted by atomic mass is 35.5. The molecule has 0 amide bonds. The molecule has 2 aromatic carbocycles. The van der Waals surface area contributed by atoms with E-state index in [4.69, 9.17) is 21.1 Å². The second kappa shape index (κ2) is 8.22. The standard InChI is InChI=1S/C23H20ClN3O2S/c1-28-23-25-10-15(11-26-23)12-27-6-7-29-22-17(13-27)8-16(9-20(22)24)19-14-30-21-5-3-2-4-18(19)21/h2-5,8-11,14H,6-7,12-13H2,1H3. The van der Waals surface area contributed by atoms with Crippen LogP contribution in [0.15, 0.2) is 54.2 Å². The van der Waals surface area contributed by atoms with E-state index in [1.807, 2.05) is 6.07 Å². The van der Waals surface area contributed by atoms with Crippen molar-refractivity contribution in [1.29, 1.82) is 0 Å². The van der Waals surface area contributed by atoms with Gasteiger partial charge < -0.3 is 9.47 Å². The number of hydrogen-bond donors (Lipinski definition) is 0. The third-order valence-electron chi connectivity index (χ3n) is 5.23. The number of thiophene rings is 1. The summed E-state index contributed by atoms with van der Waals surface area (Å²) in [7, 11) is 1.57. The summed E-state index contributed by atoms with van der Waals surface area (Å²) in [6.45, 7) is 2.87. The van der Waals surface area contributed by atoms with Crippen LogP contribution in [0.2, 0.25) is 5.02 Å². The molecule has 1 aliphatic heterocycles. The Morgan fingerprint density at radius 2 is 2.03 bits per heavy atom. The van der Waals surface area contributed by atoms with Crippen molar-refractivity contribution < 1.29 is 9.47 Å². The van der Waals surface area contributed by atoms with Crippen molar-refractivity contribution in [2.75, 3.05) is 20.3 Å². The Morgan fingerprint density at radius 1 is 1.20 bits per heavy atom. The maximum Gasteiger partial charge on any atom is 0.316 e. The SMILES string of the molecule is COc1ncc(CN2CCOc3c(Cl)cc(-c4csc5ccccc45)cc3C2)cn1. The zero-order valence-electron chi connectivity index (χ0n) is 16.5. The van der Waals surface area contributed by atoms with Crippen LogP contribution in [-0.2, 0) is 13.1 Å². The zero-order chi connectivity index (χ0) is 20.5. The van der Waals surface area contributed by atoms with Crippen LogP contribution < -0.4 is 9.47 Å². The van der Waals surface area contributed by atoms with Crippen LogP contribution in [0, 0.1) is 0 Å². The second-order valence-corrected chi connectivity index (χ2v) is 8.55. The Kier molecular flexibility index (Phi) is 5.29. The lowest BCUT2D eigenvalue weighted by Crippen LogP contribution is -2.25. The lowest BCUT2D eigenvalue weighted by atomic mass is 10.0. The molecule has 5 nitrogen and oxygen atoms in total. The number of halogens is 1. The molecule has 4 aromatic rings. The Hall–Kier alpha value is -2.67. The average Bonchev–Trinajstić information content (AvgIpc) is 3.09. The monoisotopic (exact) mass is 437 g/mol. The molecule has 0 aliphatic carbocycles. The molecular weight excluding hydrogens is 418 g/mol. The molecule has 0 fully saturated rings. The first-order chi connectivity index (χ1) is 14.7. The van der Waals surface area contributed by atoms with Crippen LogP contribution in [0.5, 0.6) is 11.8 Å². The highest BCUT2D eigenvalue weighted by Gasteiger charge is 2.20. The van der Waals surface area contributed by atoms with Gasteiger partial charge in [-0.15, -0.1) is 11.3 Å². The quantitative estimate of drug-likeness (QED) is 0.427. The van der Waals surface area contributed by atoms with Crippen LogP contribution in [0.25, 0.3) is 21.2 Å². The minimum Gasteiger partial charge on any atom is -0.490 e. The van der Waals surface area contributed by atoms with Crippen LogP contribution in [-0.4, -0.2) is 35.1 Å². The summed E-state index contributed by atoms with van der Waals surface area (Å²) in [5.74, 6) is 0.786. The van der Waals surface area contributed by atoms with Crippen LogP contribution >= 0.6 is 22.9 Å². The van der Waals surface area contributed by atoms with Gasteiger partial charge in [-0.25, -0.2) is 9.97 Å². The molecule has 0 spiro atoms. The van der Waals surface area contributed by atoms with Crippen molar-refractivity contribution in [3.63, 3.8) is 0 Å². The average molecular weight is 438 g/mol. The number of nitrogens with zero attached hydrogens (tertiary/aromatic N) is 3. The van der Waals surface area contributed by atoms with E-state index in [1.165, 1.54) is 15.6 Å². The van der Waals surface area contributed by atoms with Gasteiger partial charge in [0.05, 0.1) is 12.1 Å². The third-order valence-corrected chi connectivity index (χ3v) is 6.47. The van der Waals surface area contributed by atoms with Gasteiger partial charge in [0, 0.05) is 58.8 Å². The molecule has 7 heteroatoms. The molecule has 2 aromatic heterocycles. The second-order valence-electron chi connectivity index (χ2n) is 7.23. The first-order valence-electron chi connectivity index (χ1n) is 9.70. The van der Waals surface area contributed by atoms with Crippen molar-refractivity contribution in [3.05, 3.63) is 70.3 Å². The number of methoxy groups -OCH3 is 1. The van der Waals surface area contributed by atoms with E-state index in [9.17, 15) is 0 Å². The summed E-state index contributed by atoms with van der Waals surface area (Å²) < 4.78 is 12.3. The molecule has 0 unspecified atom stereocenters. The molecule has 0 saturated carbocycles. The van der Waals surface area contributed by atoms with Crippen molar-refractivity contribution in [3.8, 4) is 22.9 Å². The van der Waals surface area contributed by atoms with Crippen LogP contribution in [0.3, 0.4) is 0 Å². The smallest absolute Gasteiger partial charge is 0.316 e. The summed E-state index contributed by atoms with van der Waals surface area (Å²) in [5.41, 5.74) is 4.46. The molecule has 0 N–H and O–H groups in total. The Morgan fingerprint density at radius 3 is 2.87 bits per heavy atom. The summed E-state index contributed by atoms with van der Waals surface area (Å²) in [6.07, 6.45) is 3.61. The fourth-order valence-electron chi connectivity index (χ4n) is 3.81. The summed E-state index contributed by atoms with van der Waals surface area (Å²) in [6, 6.07) is 13.1. The normalized spacial score (nSPS) is 14.2. The van der Waals surface area contributed by atoms with E-state index in [1.54, 1.807) is 30.8 Å². The van der Waals surface area contributed by atoms with Gasteiger partial charge in [0.1, 0.15) is 12.4 Å². The maximum absolute atomic E-state index is 6.66. The highest BCUT2D eigenvalue weighted by molar-refractivity contribution is 7.17. The summed E-state index contributed by atoms with van der Waals surface area (Å²) in [4.78, 5) is 10.7. The van der Waals surface area contributed by atoms with Crippen LogP contribution in [0.1, 0.15) is 11.1 Å². The van der Waals surface area contributed by atoms with Gasteiger partial charge >= 0.3 is 6.01 Å². The third kappa shape index (κ3) is 3.74. The first-order valence-corrected chi connectivity index (χ1v) is 11.0. The minimum atomic E-state index is 0.378. The lowest BCUT2D eigenvalue weighted by Gasteiger charge is -2.19. The molecule has 30 heavy (non-hydrogen) atoms. The Labute approximate surface area is 183 Å². The summed E-state index contributed by atoms with van der Waals surface area (Å²) >= 11 is 8.41. The Balaban J connectivity index is 1.46. The van der Waals surface area contributed by atoms with Gasteiger partial charge in [-0.3, -0.25) is 4.90 Å². The van der Waals surface area contributed by atoms with E-state index in [0.717, 1.165) is 42.1 Å². The van der Waals surface area contributed by atoms with Gasteiger partial charge in [-0.05, 0) is 29.1 Å². The molecule has 0 atom stereocenters. The van der Waals surface area contributed by atoms with Crippen molar-refractivity contribution in [2.45, 2.75) is 13.1 Å². The topological polar surface area (TPSA) is 47.5 Å². The number of rotatable bonds is 4. The number of fused-ring (bicyclic) bond motifs is 2. The number of hydrogen-bond acceptors (Lipinski definition) is 6. The predicted octanol–water partition coefficient (Wildman–Crippen LogP) is 5.41. The summed E-state index contributed by atoms with van der Waals surface area (Å²) in [5, 5.41) is 4.11. The molecule has 3 heterocycles. The maximum atomic E-state index is 6.66. The number of aromatic nitrogens is 2. The van der Waals surface area contributed by atoms with E-state index in [0.29, 0.717) is 17.6 Å². The van der Waals surface area contributed by atoms with Gasteiger partial charge in [0.2, 0.25) is 0 Å². The van der Waals surface area contributed by atoms with Crippen LogP contribution in [0.4, 0.5) is 0 Å². The lowest BCUT2D eigenvalue weighted by molar-refractivity contribution is 0.219. The van der Waals surface area contributed by atoms with E-state index in [2.05, 4.69) is 50.6 Å². The van der Waals surface area contributed by atoms with E-state index < -0.39 is 0 Å². The molecule has 0 radical (unpaired) electrons. The number of benzene rings is 2. The predicted molar refractivity (Wildman–Crippen MR) is 120 cm³/mol. The van der Waals surface area contributed by atoms with Crippen molar-refractivity contribution >= 4 is 33.0 Å². The zero-order valence-corrected chi connectivity index (χ0v) is 18.0. The van der Waals surface area contributed by atoms with Crippen molar-refractivity contribution in [2.24, 2.45) is 0 Å². The van der Waals surface area contributed by atoms with Gasteiger partial charge in [0.15, 0.2) is 0 Å². The molecule has 1 aliphatic rings. The van der Waals surface area contributed by atoms with Gasteiger partial charge in [0.25, 0.3) is 0 Å². The van der Waals surface area contributed by atoms with Gasteiger partial charge in [-0.2, -0.15) is 0 Å². The first kappa shape index (κ1) is 19.3. The van der Waals surface area contributed by atoms with Gasteiger partial charge in [-0.1, -0.05) is 29.8 Å². The minimum absolute atomic E-state index is 0.378. The highest BCUT2D eigenvalue weighted by Crippen LogP contribution is 2.40. The molecule has 5 rings (SSSR count). The molecular formula is C23H20ClN3O2S. The fraction of sp³-hybridized carbons (Fsp3) is 0.217. The van der Waals surface area contributed by atoms with E-state index >= 15 is 0 Å². The Bertz CT molecular complexity index is 1190. The molecule has 0 bridgehead atoms. The number of ether oxygens (including phenoxy) is 2. The molecule has 152 valence electrons. The van der Waals surface area contributed by atoms with Crippen molar-refractivity contribution in [1.82, 2.24) is 14.9 Å². The van der Waals surface area contributed by atoms with E-state index in [-0.39, 0.29) is 0 Å². The fourth-order valence-corrected chi connectivity index (χ4v) is 5.07. The molecule has 0 saturated heterocycles. The largest absolute Gasteiger partial charge is 0.490 e.